The Kier molecular flexibility index (Phi) is 2.68. The molecule has 0 amide bonds. The number of aromatic nitrogens is 1. The molecule has 0 fully saturated rings. The van der Waals surface area contributed by atoms with Crippen molar-refractivity contribution in [3.63, 3.8) is 0 Å². The lowest BCUT2D eigenvalue weighted by Gasteiger charge is -1.99. The van der Waals surface area contributed by atoms with E-state index in [9.17, 15) is 0 Å². The highest BCUT2D eigenvalue weighted by Crippen LogP contribution is 2.49. The van der Waals surface area contributed by atoms with Crippen LogP contribution in [0.4, 0.5) is 0 Å². The third kappa shape index (κ3) is 1.65. The van der Waals surface area contributed by atoms with Crippen molar-refractivity contribution in [2.45, 2.75) is 6.92 Å². The Balaban J connectivity index is 1.79. The van der Waals surface area contributed by atoms with Gasteiger partial charge in [0.2, 0.25) is 0 Å². The molecule has 4 heteroatoms. The number of rotatable bonds is 1. The third-order valence-electron chi connectivity index (χ3n) is 5.91. The molecule has 0 aliphatic rings. The Morgan fingerprint density at radius 1 is 0.750 bits per heavy atom. The van der Waals surface area contributed by atoms with E-state index in [2.05, 4.69) is 65.9 Å². The predicted molar refractivity (Wildman–Crippen MR) is 123 cm³/mol. The molecule has 2 nitrogen and oxygen atoms in total. The highest BCUT2D eigenvalue weighted by Gasteiger charge is 2.23. The largest absolute Gasteiger partial charge is 0.497 e. The van der Waals surface area contributed by atoms with Crippen LogP contribution in [-0.2, 0) is 0 Å². The number of thiophene rings is 2. The van der Waals surface area contributed by atoms with Gasteiger partial charge >= 0.3 is 0 Å². The van der Waals surface area contributed by atoms with Gasteiger partial charge < -0.3 is 4.74 Å². The zero-order valence-electron chi connectivity index (χ0n) is 15.4. The van der Waals surface area contributed by atoms with Gasteiger partial charge in [0.05, 0.1) is 12.6 Å². The summed E-state index contributed by atoms with van der Waals surface area (Å²) in [5.74, 6) is 0.917. The molecule has 0 aliphatic carbocycles. The zero-order chi connectivity index (χ0) is 18.6. The molecule has 4 aromatic heterocycles. The molecular formula is C24H15NOS2. The maximum Gasteiger partial charge on any atom is 0.120 e. The van der Waals surface area contributed by atoms with Gasteiger partial charge in [0.1, 0.15) is 15.4 Å². The zero-order valence-corrected chi connectivity index (χ0v) is 17.0. The summed E-state index contributed by atoms with van der Waals surface area (Å²) in [4.78, 5) is 2.70. The molecule has 0 radical (unpaired) electrons. The number of para-hydroxylation sites is 1. The topological polar surface area (TPSA) is 13.6 Å². The lowest BCUT2D eigenvalue weighted by Crippen LogP contribution is -1.80. The van der Waals surface area contributed by atoms with Crippen LogP contribution in [0.15, 0.2) is 54.6 Å². The summed E-state index contributed by atoms with van der Waals surface area (Å²) in [6.07, 6.45) is 0. The summed E-state index contributed by atoms with van der Waals surface area (Å²) in [6.45, 7) is 2.17. The van der Waals surface area contributed by atoms with Gasteiger partial charge in [-0.1, -0.05) is 30.3 Å². The van der Waals surface area contributed by atoms with Crippen LogP contribution >= 0.6 is 22.7 Å². The number of aryl methyl sites for hydroxylation is 1. The third-order valence-corrected chi connectivity index (χ3v) is 8.19. The second-order valence-electron chi connectivity index (χ2n) is 7.46. The molecule has 0 atom stereocenters. The van der Waals surface area contributed by atoms with Gasteiger partial charge in [-0.05, 0) is 36.8 Å². The first kappa shape index (κ1) is 15.1. The Morgan fingerprint density at radius 3 is 2.07 bits per heavy atom. The van der Waals surface area contributed by atoms with Gasteiger partial charge in [-0.25, -0.2) is 0 Å². The number of benzene rings is 3. The van der Waals surface area contributed by atoms with E-state index in [4.69, 9.17) is 4.74 Å². The molecule has 7 aromatic rings. The number of fused-ring (bicyclic) bond motifs is 10. The van der Waals surface area contributed by atoms with Gasteiger partial charge in [-0.2, -0.15) is 0 Å². The van der Waals surface area contributed by atoms with E-state index in [-0.39, 0.29) is 0 Å². The summed E-state index contributed by atoms with van der Waals surface area (Å²) in [6, 6.07) is 20.0. The van der Waals surface area contributed by atoms with E-state index >= 15 is 0 Å². The normalized spacial score (nSPS) is 12.6. The van der Waals surface area contributed by atoms with E-state index in [1.807, 2.05) is 22.7 Å². The SMILES string of the molecule is COc1ccc2c(c1)sc1c2c2cccc3c4c5ccc(C)cc5sc4n1c32. The minimum atomic E-state index is 0.917. The van der Waals surface area contributed by atoms with Crippen molar-refractivity contribution in [3.05, 3.63) is 60.2 Å². The maximum atomic E-state index is 5.46. The molecule has 3 aromatic carbocycles. The average molecular weight is 398 g/mol. The van der Waals surface area contributed by atoms with E-state index in [1.54, 1.807) is 7.11 Å². The number of hydrogen-bond donors (Lipinski definition) is 0. The van der Waals surface area contributed by atoms with Crippen LogP contribution in [0.1, 0.15) is 5.56 Å². The second kappa shape index (κ2) is 4.96. The summed E-state index contributed by atoms with van der Waals surface area (Å²) in [7, 11) is 1.73. The summed E-state index contributed by atoms with van der Waals surface area (Å²) in [5.41, 5.74) is 2.68. The molecule has 4 heterocycles. The van der Waals surface area contributed by atoms with Crippen LogP contribution in [0, 0.1) is 6.92 Å². The Hall–Kier alpha value is -2.82. The fourth-order valence-electron chi connectivity index (χ4n) is 4.70. The molecule has 28 heavy (non-hydrogen) atoms. The minimum Gasteiger partial charge on any atom is -0.497 e. The summed E-state index contributed by atoms with van der Waals surface area (Å²) < 4.78 is 10.6. The van der Waals surface area contributed by atoms with Gasteiger partial charge in [-0.3, -0.25) is 4.40 Å². The van der Waals surface area contributed by atoms with Crippen LogP contribution in [0.3, 0.4) is 0 Å². The van der Waals surface area contributed by atoms with Crippen LogP contribution < -0.4 is 4.74 Å². The van der Waals surface area contributed by atoms with Crippen molar-refractivity contribution in [3.8, 4) is 5.75 Å². The summed E-state index contributed by atoms with van der Waals surface area (Å²) in [5, 5.41) is 8.19. The van der Waals surface area contributed by atoms with Crippen LogP contribution in [-0.4, -0.2) is 11.5 Å². The van der Waals surface area contributed by atoms with Gasteiger partial charge in [0.25, 0.3) is 0 Å². The van der Waals surface area contributed by atoms with Gasteiger partial charge in [0, 0.05) is 41.7 Å². The molecule has 0 bridgehead atoms. The van der Waals surface area contributed by atoms with Crippen molar-refractivity contribution in [1.82, 2.24) is 4.40 Å². The number of hydrogen-bond acceptors (Lipinski definition) is 3. The lowest BCUT2D eigenvalue weighted by atomic mass is 10.1. The molecule has 0 saturated heterocycles. The highest BCUT2D eigenvalue weighted by molar-refractivity contribution is 7.27. The van der Waals surface area contributed by atoms with Crippen LogP contribution in [0.2, 0.25) is 0 Å². The number of ether oxygens (including phenoxy) is 1. The molecule has 134 valence electrons. The van der Waals surface area contributed by atoms with Crippen LogP contribution in [0.25, 0.3) is 56.9 Å². The molecule has 0 unspecified atom stereocenters. The first-order valence-electron chi connectivity index (χ1n) is 9.32. The predicted octanol–water partition coefficient (Wildman–Crippen LogP) is 7.58. The highest BCUT2D eigenvalue weighted by atomic mass is 32.1. The first-order chi connectivity index (χ1) is 13.7. The average Bonchev–Trinajstić information content (AvgIpc) is 3.40. The molecule has 0 aliphatic heterocycles. The van der Waals surface area contributed by atoms with E-state index in [0.29, 0.717) is 0 Å². The second-order valence-corrected chi connectivity index (χ2v) is 9.52. The Morgan fingerprint density at radius 2 is 1.39 bits per heavy atom. The minimum absolute atomic E-state index is 0.917. The Bertz CT molecular complexity index is 1710. The smallest absolute Gasteiger partial charge is 0.120 e. The van der Waals surface area contributed by atoms with Crippen molar-refractivity contribution < 1.29 is 4.74 Å². The van der Waals surface area contributed by atoms with E-state index in [1.165, 1.54) is 62.5 Å². The number of methoxy groups -OCH3 is 1. The van der Waals surface area contributed by atoms with Crippen molar-refractivity contribution >= 4 is 79.6 Å². The number of nitrogens with zero attached hydrogens (tertiary/aromatic N) is 1. The van der Waals surface area contributed by atoms with Crippen molar-refractivity contribution in [1.29, 1.82) is 0 Å². The summed E-state index contributed by atoms with van der Waals surface area (Å²) >= 11 is 3.78. The fraction of sp³-hybridized carbons (Fsp3) is 0.0833. The fourth-order valence-corrected chi connectivity index (χ4v) is 7.35. The van der Waals surface area contributed by atoms with Gasteiger partial charge in [-0.15, -0.1) is 22.7 Å². The van der Waals surface area contributed by atoms with E-state index in [0.717, 1.165) is 5.75 Å². The van der Waals surface area contributed by atoms with Gasteiger partial charge in [0.15, 0.2) is 0 Å². The standard InChI is InChI=1S/C24H15NOS2/c1-12-6-8-14-18(10-12)27-23-20(14)16-4-3-5-17-21-15-9-7-13(26-2)11-19(15)28-24(21)25(23)22(16)17/h3-11H,1-2H3. The van der Waals surface area contributed by atoms with E-state index < -0.39 is 0 Å². The lowest BCUT2D eigenvalue weighted by molar-refractivity contribution is 0.415. The molecule has 7 rings (SSSR count). The van der Waals surface area contributed by atoms with Crippen molar-refractivity contribution in [2.75, 3.05) is 7.11 Å². The molecule has 0 spiro atoms. The Labute approximate surface area is 168 Å². The maximum absolute atomic E-state index is 5.46. The molecular weight excluding hydrogens is 382 g/mol. The van der Waals surface area contributed by atoms with Crippen LogP contribution in [0.5, 0.6) is 5.75 Å². The van der Waals surface area contributed by atoms with Crippen molar-refractivity contribution in [2.24, 2.45) is 0 Å². The molecule has 0 N–H and O–H groups in total. The quantitative estimate of drug-likeness (QED) is 0.278. The monoisotopic (exact) mass is 397 g/mol. The first-order valence-corrected chi connectivity index (χ1v) is 11.0. The molecule has 0 saturated carbocycles.